The molecule has 2 aromatic rings. The monoisotopic (exact) mass is 266 g/mol. The van der Waals surface area contributed by atoms with Crippen LogP contribution in [0.4, 0.5) is 10.1 Å². The lowest BCUT2D eigenvalue weighted by Gasteiger charge is -2.03. The standard InChI is InChI=1S/C15H11FN4/c16-11-3-1-2-10(8-11)4-6-13(18)15-14(19)7-5-12(9-17)20-15/h1-8,18H,19H2/b6-4+,18-13?. The van der Waals surface area contributed by atoms with Crippen molar-refractivity contribution in [3.63, 3.8) is 0 Å². The molecule has 0 bridgehead atoms. The fourth-order valence-corrected chi connectivity index (χ4v) is 1.62. The van der Waals surface area contributed by atoms with Crippen molar-refractivity contribution in [2.75, 3.05) is 5.73 Å². The normalized spacial score (nSPS) is 10.4. The van der Waals surface area contributed by atoms with E-state index in [1.165, 1.54) is 30.3 Å². The fourth-order valence-electron chi connectivity index (χ4n) is 1.62. The van der Waals surface area contributed by atoms with Gasteiger partial charge in [-0.15, -0.1) is 0 Å². The van der Waals surface area contributed by atoms with Gasteiger partial charge in [0.2, 0.25) is 0 Å². The third-order valence-electron chi connectivity index (χ3n) is 2.59. The summed E-state index contributed by atoms with van der Waals surface area (Å²) in [6.45, 7) is 0. The summed E-state index contributed by atoms with van der Waals surface area (Å²) >= 11 is 0. The van der Waals surface area contributed by atoms with E-state index in [9.17, 15) is 4.39 Å². The van der Waals surface area contributed by atoms with E-state index >= 15 is 0 Å². The Bertz CT molecular complexity index is 729. The van der Waals surface area contributed by atoms with Crippen LogP contribution in [0.25, 0.3) is 6.08 Å². The highest BCUT2D eigenvalue weighted by Crippen LogP contribution is 2.12. The minimum atomic E-state index is -0.345. The molecular weight excluding hydrogens is 255 g/mol. The molecule has 0 radical (unpaired) electrons. The van der Waals surface area contributed by atoms with Crippen molar-refractivity contribution in [1.29, 1.82) is 10.7 Å². The van der Waals surface area contributed by atoms with Gasteiger partial charge in [0.25, 0.3) is 0 Å². The number of pyridine rings is 1. The Morgan fingerprint density at radius 3 is 2.85 bits per heavy atom. The molecule has 3 N–H and O–H groups in total. The number of nitrogens with two attached hydrogens (primary N) is 1. The van der Waals surface area contributed by atoms with Crippen LogP contribution in [0.15, 0.2) is 42.5 Å². The smallest absolute Gasteiger partial charge is 0.141 e. The second-order valence-electron chi connectivity index (χ2n) is 4.05. The molecule has 0 aliphatic rings. The number of benzene rings is 1. The van der Waals surface area contributed by atoms with Crippen LogP contribution in [0.3, 0.4) is 0 Å². The molecule has 0 aliphatic carbocycles. The van der Waals surface area contributed by atoms with Crippen molar-refractivity contribution in [3.8, 4) is 6.07 Å². The molecular formula is C15H11FN4. The summed E-state index contributed by atoms with van der Waals surface area (Å²) in [6, 6.07) is 10.9. The van der Waals surface area contributed by atoms with Gasteiger partial charge >= 0.3 is 0 Å². The maximum Gasteiger partial charge on any atom is 0.141 e. The largest absolute Gasteiger partial charge is 0.397 e. The zero-order chi connectivity index (χ0) is 14.5. The molecule has 1 heterocycles. The van der Waals surface area contributed by atoms with Crippen molar-refractivity contribution < 1.29 is 4.39 Å². The Morgan fingerprint density at radius 2 is 2.15 bits per heavy atom. The summed E-state index contributed by atoms with van der Waals surface area (Å²) in [5.74, 6) is -0.345. The minimum Gasteiger partial charge on any atom is -0.397 e. The van der Waals surface area contributed by atoms with Gasteiger partial charge in [0.1, 0.15) is 23.3 Å². The number of nitrogen functional groups attached to an aromatic ring is 1. The molecule has 0 spiro atoms. The average Bonchev–Trinajstić information content (AvgIpc) is 2.45. The van der Waals surface area contributed by atoms with Crippen LogP contribution in [0.2, 0.25) is 0 Å². The van der Waals surface area contributed by atoms with Crippen molar-refractivity contribution >= 4 is 17.5 Å². The van der Waals surface area contributed by atoms with Crippen molar-refractivity contribution in [1.82, 2.24) is 4.98 Å². The molecule has 4 nitrogen and oxygen atoms in total. The van der Waals surface area contributed by atoms with E-state index in [2.05, 4.69) is 4.98 Å². The molecule has 0 fully saturated rings. The first-order chi connectivity index (χ1) is 9.60. The third-order valence-corrected chi connectivity index (χ3v) is 2.59. The number of nitriles is 1. The van der Waals surface area contributed by atoms with E-state index in [0.29, 0.717) is 11.3 Å². The minimum absolute atomic E-state index is 0.0591. The predicted octanol–water partition coefficient (Wildman–Crippen LogP) is 2.76. The molecule has 2 rings (SSSR count). The van der Waals surface area contributed by atoms with Gasteiger partial charge < -0.3 is 5.73 Å². The third kappa shape index (κ3) is 3.06. The van der Waals surface area contributed by atoms with Crippen LogP contribution in [0.5, 0.6) is 0 Å². The second kappa shape index (κ2) is 5.76. The highest BCUT2D eigenvalue weighted by atomic mass is 19.1. The molecule has 0 unspecified atom stereocenters. The molecule has 20 heavy (non-hydrogen) atoms. The highest BCUT2D eigenvalue weighted by Gasteiger charge is 2.06. The van der Waals surface area contributed by atoms with Gasteiger partial charge in [0.05, 0.1) is 11.4 Å². The number of rotatable bonds is 3. The molecule has 1 aromatic heterocycles. The zero-order valence-electron chi connectivity index (χ0n) is 10.5. The van der Waals surface area contributed by atoms with E-state index in [-0.39, 0.29) is 22.9 Å². The van der Waals surface area contributed by atoms with Crippen LogP contribution < -0.4 is 5.73 Å². The molecule has 0 atom stereocenters. The summed E-state index contributed by atoms with van der Waals surface area (Å²) in [5, 5.41) is 16.7. The van der Waals surface area contributed by atoms with E-state index in [0.717, 1.165) is 0 Å². The lowest BCUT2D eigenvalue weighted by molar-refractivity contribution is 0.627. The van der Waals surface area contributed by atoms with E-state index in [1.807, 2.05) is 6.07 Å². The Morgan fingerprint density at radius 1 is 1.35 bits per heavy atom. The Hall–Kier alpha value is -3.00. The molecule has 0 saturated carbocycles. The summed E-state index contributed by atoms with van der Waals surface area (Å²) < 4.78 is 13.0. The maximum absolute atomic E-state index is 13.0. The van der Waals surface area contributed by atoms with Gasteiger partial charge in [-0.05, 0) is 35.9 Å². The number of anilines is 1. The summed E-state index contributed by atoms with van der Waals surface area (Å²) in [5.41, 5.74) is 7.16. The molecule has 0 amide bonds. The lowest BCUT2D eigenvalue weighted by atomic mass is 10.1. The zero-order valence-corrected chi connectivity index (χ0v) is 10.5. The van der Waals surface area contributed by atoms with Crippen LogP contribution in [0, 0.1) is 22.6 Å². The number of aromatic nitrogens is 1. The molecule has 98 valence electrons. The van der Waals surface area contributed by atoms with Crippen molar-refractivity contribution in [2.45, 2.75) is 0 Å². The van der Waals surface area contributed by atoms with Gasteiger partial charge in [-0.2, -0.15) is 5.26 Å². The predicted molar refractivity (Wildman–Crippen MR) is 75.6 cm³/mol. The van der Waals surface area contributed by atoms with E-state index in [4.69, 9.17) is 16.4 Å². The lowest BCUT2D eigenvalue weighted by Crippen LogP contribution is -2.05. The molecule has 1 aromatic carbocycles. The SMILES string of the molecule is N#Cc1ccc(N)c(C(=N)/C=C/c2cccc(F)c2)n1. The van der Waals surface area contributed by atoms with E-state index in [1.54, 1.807) is 18.2 Å². The number of hydrogen-bond acceptors (Lipinski definition) is 4. The number of nitrogens with zero attached hydrogens (tertiary/aromatic N) is 2. The number of hydrogen-bond donors (Lipinski definition) is 2. The van der Waals surface area contributed by atoms with Gasteiger partial charge in [0.15, 0.2) is 0 Å². The van der Waals surface area contributed by atoms with Gasteiger partial charge in [-0.1, -0.05) is 18.2 Å². The van der Waals surface area contributed by atoms with Gasteiger partial charge in [0, 0.05) is 0 Å². The average molecular weight is 266 g/mol. The maximum atomic E-state index is 13.0. The van der Waals surface area contributed by atoms with Crippen LogP contribution >= 0.6 is 0 Å². The van der Waals surface area contributed by atoms with E-state index < -0.39 is 0 Å². The van der Waals surface area contributed by atoms with Crippen LogP contribution in [-0.2, 0) is 0 Å². The Labute approximate surface area is 115 Å². The summed E-state index contributed by atoms with van der Waals surface area (Å²) in [7, 11) is 0. The summed E-state index contributed by atoms with van der Waals surface area (Å²) in [4.78, 5) is 3.98. The number of halogens is 1. The topological polar surface area (TPSA) is 86.5 Å². The van der Waals surface area contributed by atoms with Crippen LogP contribution in [-0.4, -0.2) is 10.7 Å². The van der Waals surface area contributed by atoms with Gasteiger partial charge in [-0.3, -0.25) is 5.41 Å². The van der Waals surface area contributed by atoms with Crippen LogP contribution in [0.1, 0.15) is 17.0 Å². The Balaban J connectivity index is 2.27. The first kappa shape index (κ1) is 13.4. The quantitative estimate of drug-likeness (QED) is 0.837. The fraction of sp³-hybridized carbons (Fsp3) is 0. The van der Waals surface area contributed by atoms with Crippen molar-refractivity contribution in [3.05, 3.63) is 65.2 Å². The summed E-state index contributed by atoms with van der Waals surface area (Å²) in [6.07, 6.45) is 3.06. The highest BCUT2D eigenvalue weighted by molar-refractivity contribution is 6.10. The second-order valence-corrected chi connectivity index (χ2v) is 4.05. The molecule has 5 heteroatoms. The van der Waals surface area contributed by atoms with Gasteiger partial charge in [-0.25, -0.2) is 9.37 Å². The van der Waals surface area contributed by atoms with Crippen molar-refractivity contribution in [2.24, 2.45) is 0 Å². The number of nitrogens with one attached hydrogen (secondary N) is 1. The Kier molecular flexibility index (Phi) is 3.87. The first-order valence-corrected chi connectivity index (χ1v) is 5.79. The molecule has 0 aliphatic heterocycles. The first-order valence-electron chi connectivity index (χ1n) is 5.79. The number of allylic oxidation sites excluding steroid dienone is 1. The molecule has 0 saturated heterocycles.